The van der Waals surface area contributed by atoms with Crippen LogP contribution in [0.3, 0.4) is 0 Å². The van der Waals surface area contributed by atoms with Gasteiger partial charge in [0.05, 0.1) is 20.3 Å². The van der Waals surface area contributed by atoms with Crippen molar-refractivity contribution in [3.05, 3.63) is 34.9 Å². The quantitative estimate of drug-likeness (QED) is 0.781. The van der Waals surface area contributed by atoms with Gasteiger partial charge >= 0.3 is 5.97 Å². The number of benzene rings is 1. The number of rotatable bonds is 5. The van der Waals surface area contributed by atoms with Gasteiger partial charge in [-0.05, 0) is 24.1 Å². The fourth-order valence-electron chi connectivity index (χ4n) is 2.40. The Morgan fingerprint density at radius 3 is 2.73 bits per heavy atom. The van der Waals surface area contributed by atoms with Gasteiger partial charge in [-0.3, -0.25) is 9.59 Å². The number of hydrogen-bond donors (Lipinski definition) is 0. The number of morpholine rings is 1. The molecule has 1 amide bonds. The Kier molecular flexibility index (Phi) is 6.21. The molecule has 0 aromatic heterocycles. The van der Waals surface area contributed by atoms with Crippen LogP contribution in [0.4, 0.5) is 0 Å². The summed E-state index contributed by atoms with van der Waals surface area (Å²) in [5, 5.41) is 0.676. The summed E-state index contributed by atoms with van der Waals surface area (Å²) in [6, 6.07) is 7.46. The smallest absolute Gasteiger partial charge is 0.305 e. The molecule has 2 rings (SSSR count). The molecular formula is C16H20ClNO4. The highest BCUT2D eigenvalue weighted by molar-refractivity contribution is 6.30. The third-order valence-corrected chi connectivity index (χ3v) is 3.91. The second-order valence-corrected chi connectivity index (χ2v) is 5.62. The van der Waals surface area contributed by atoms with Crippen LogP contribution in [0.25, 0.3) is 0 Å². The van der Waals surface area contributed by atoms with Gasteiger partial charge in [0.2, 0.25) is 5.91 Å². The van der Waals surface area contributed by atoms with E-state index in [1.54, 1.807) is 4.90 Å². The molecule has 0 bridgehead atoms. The zero-order chi connectivity index (χ0) is 15.9. The Bertz CT molecular complexity index is 517. The summed E-state index contributed by atoms with van der Waals surface area (Å²) >= 11 is 5.88. The Morgan fingerprint density at radius 2 is 2.05 bits per heavy atom. The van der Waals surface area contributed by atoms with E-state index in [2.05, 4.69) is 4.74 Å². The molecule has 1 heterocycles. The molecule has 120 valence electrons. The number of amides is 1. The van der Waals surface area contributed by atoms with Crippen molar-refractivity contribution in [2.24, 2.45) is 0 Å². The molecule has 1 atom stereocenters. The molecule has 1 aliphatic heterocycles. The first-order chi connectivity index (χ1) is 10.6. The molecule has 0 saturated carbocycles. The van der Waals surface area contributed by atoms with Gasteiger partial charge in [0.25, 0.3) is 0 Å². The highest BCUT2D eigenvalue weighted by atomic mass is 35.5. The van der Waals surface area contributed by atoms with Gasteiger partial charge in [0.1, 0.15) is 6.10 Å². The van der Waals surface area contributed by atoms with Crippen LogP contribution < -0.4 is 0 Å². The van der Waals surface area contributed by atoms with Gasteiger partial charge in [0.15, 0.2) is 0 Å². The third kappa shape index (κ3) is 4.71. The maximum Gasteiger partial charge on any atom is 0.305 e. The number of halogens is 1. The third-order valence-electron chi connectivity index (χ3n) is 3.66. The van der Waals surface area contributed by atoms with Gasteiger partial charge in [-0.25, -0.2) is 0 Å². The number of carbonyl (C=O) groups is 2. The highest BCUT2D eigenvalue weighted by Crippen LogP contribution is 2.24. The standard InChI is InChI=1S/C16H20ClNO4/c1-21-16(20)4-2-3-15(19)18-9-10-22-14(11-18)12-5-7-13(17)8-6-12/h5-8,14H,2-4,9-11H2,1H3/t14-/m0/s1. The molecule has 1 aromatic rings. The van der Waals surface area contributed by atoms with Crippen LogP contribution in [0, 0.1) is 0 Å². The van der Waals surface area contributed by atoms with Crippen LogP contribution in [0.5, 0.6) is 0 Å². The lowest BCUT2D eigenvalue weighted by molar-refractivity contribution is -0.141. The summed E-state index contributed by atoms with van der Waals surface area (Å²) in [7, 11) is 1.35. The van der Waals surface area contributed by atoms with E-state index in [0.29, 0.717) is 37.6 Å². The highest BCUT2D eigenvalue weighted by Gasteiger charge is 2.25. The number of carbonyl (C=O) groups excluding carboxylic acids is 2. The molecule has 0 unspecified atom stereocenters. The van der Waals surface area contributed by atoms with Gasteiger partial charge in [-0.2, -0.15) is 0 Å². The fourth-order valence-corrected chi connectivity index (χ4v) is 2.53. The average molecular weight is 326 g/mol. The number of hydrogen-bond acceptors (Lipinski definition) is 4. The van der Waals surface area contributed by atoms with Gasteiger partial charge in [-0.15, -0.1) is 0 Å². The Balaban J connectivity index is 1.85. The molecule has 1 saturated heterocycles. The zero-order valence-corrected chi connectivity index (χ0v) is 13.3. The van der Waals surface area contributed by atoms with E-state index in [-0.39, 0.29) is 24.4 Å². The van der Waals surface area contributed by atoms with E-state index in [4.69, 9.17) is 16.3 Å². The summed E-state index contributed by atoms with van der Waals surface area (Å²) in [5.41, 5.74) is 1.01. The summed E-state index contributed by atoms with van der Waals surface area (Å²) < 4.78 is 10.3. The largest absolute Gasteiger partial charge is 0.469 e. The molecule has 0 aliphatic carbocycles. The molecular weight excluding hydrogens is 306 g/mol. The minimum absolute atomic E-state index is 0.0474. The molecule has 1 aliphatic rings. The van der Waals surface area contributed by atoms with E-state index >= 15 is 0 Å². The molecule has 6 heteroatoms. The number of ether oxygens (including phenoxy) is 2. The van der Waals surface area contributed by atoms with Crippen molar-refractivity contribution < 1.29 is 19.1 Å². The molecule has 22 heavy (non-hydrogen) atoms. The van der Waals surface area contributed by atoms with Crippen molar-refractivity contribution in [1.82, 2.24) is 4.90 Å². The number of esters is 1. The van der Waals surface area contributed by atoms with Crippen molar-refractivity contribution in [3.63, 3.8) is 0 Å². The van der Waals surface area contributed by atoms with E-state index in [1.807, 2.05) is 24.3 Å². The summed E-state index contributed by atoms with van der Waals surface area (Å²) in [4.78, 5) is 25.0. The lowest BCUT2D eigenvalue weighted by atomic mass is 10.1. The molecule has 1 aromatic carbocycles. The molecule has 0 radical (unpaired) electrons. The molecule has 0 spiro atoms. The van der Waals surface area contributed by atoms with Crippen LogP contribution >= 0.6 is 11.6 Å². The predicted molar refractivity (Wildman–Crippen MR) is 82.6 cm³/mol. The first kappa shape index (κ1) is 16.8. The SMILES string of the molecule is COC(=O)CCCC(=O)N1CCO[C@H](c2ccc(Cl)cc2)C1. The van der Waals surface area contributed by atoms with Crippen molar-refractivity contribution >= 4 is 23.5 Å². The number of nitrogens with zero attached hydrogens (tertiary/aromatic N) is 1. The van der Waals surface area contributed by atoms with Crippen LogP contribution in [-0.2, 0) is 19.1 Å². The maximum absolute atomic E-state index is 12.2. The number of methoxy groups -OCH3 is 1. The van der Waals surface area contributed by atoms with Crippen molar-refractivity contribution in [2.45, 2.75) is 25.4 Å². The average Bonchev–Trinajstić information content (AvgIpc) is 2.55. The van der Waals surface area contributed by atoms with E-state index in [1.165, 1.54) is 7.11 Å². The Labute approximate surface area is 135 Å². The monoisotopic (exact) mass is 325 g/mol. The zero-order valence-electron chi connectivity index (χ0n) is 12.6. The van der Waals surface area contributed by atoms with Crippen molar-refractivity contribution in [1.29, 1.82) is 0 Å². The minimum Gasteiger partial charge on any atom is -0.469 e. The summed E-state index contributed by atoms with van der Waals surface area (Å²) in [6.07, 6.45) is 1.000. The minimum atomic E-state index is -0.284. The summed E-state index contributed by atoms with van der Waals surface area (Å²) in [5.74, 6) is -0.236. The Hall–Kier alpha value is -1.59. The first-order valence-corrected chi connectivity index (χ1v) is 7.69. The fraction of sp³-hybridized carbons (Fsp3) is 0.500. The van der Waals surface area contributed by atoms with Gasteiger partial charge in [-0.1, -0.05) is 23.7 Å². The second kappa shape index (κ2) is 8.15. The summed E-state index contributed by atoms with van der Waals surface area (Å²) in [6.45, 7) is 1.62. The normalized spacial score (nSPS) is 18.1. The van der Waals surface area contributed by atoms with Crippen LogP contribution in [0.2, 0.25) is 5.02 Å². The van der Waals surface area contributed by atoms with Gasteiger partial charge in [0, 0.05) is 24.4 Å². The van der Waals surface area contributed by atoms with Gasteiger partial charge < -0.3 is 14.4 Å². The van der Waals surface area contributed by atoms with E-state index < -0.39 is 0 Å². The van der Waals surface area contributed by atoms with Crippen molar-refractivity contribution in [3.8, 4) is 0 Å². The van der Waals surface area contributed by atoms with Crippen LogP contribution in [0.1, 0.15) is 30.9 Å². The maximum atomic E-state index is 12.2. The van der Waals surface area contributed by atoms with Crippen LogP contribution in [0.15, 0.2) is 24.3 Å². The first-order valence-electron chi connectivity index (χ1n) is 7.32. The van der Waals surface area contributed by atoms with Crippen molar-refractivity contribution in [2.75, 3.05) is 26.8 Å². The topological polar surface area (TPSA) is 55.8 Å². The second-order valence-electron chi connectivity index (χ2n) is 5.18. The molecule has 5 nitrogen and oxygen atoms in total. The van der Waals surface area contributed by atoms with E-state index in [0.717, 1.165) is 5.56 Å². The Morgan fingerprint density at radius 1 is 1.32 bits per heavy atom. The lowest BCUT2D eigenvalue weighted by Crippen LogP contribution is -2.42. The van der Waals surface area contributed by atoms with Crippen LogP contribution in [-0.4, -0.2) is 43.6 Å². The molecule has 0 N–H and O–H groups in total. The molecule has 1 fully saturated rings. The lowest BCUT2D eigenvalue weighted by Gasteiger charge is -2.33. The predicted octanol–water partition coefficient (Wildman–Crippen LogP) is 2.58. The van der Waals surface area contributed by atoms with E-state index in [9.17, 15) is 9.59 Å².